The summed E-state index contributed by atoms with van der Waals surface area (Å²) in [7, 11) is 1.70. The fourth-order valence-electron chi connectivity index (χ4n) is 2.11. The third kappa shape index (κ3) is 2.14. The molecule has 94 valence electrons. The Kier molecular flexibility index (Phi) is 3.43. The van der Waals surface area contributed by atoms with E-state index in [1.54, 1.807) is 18.5 Å². The number of aromatic nitrogens is 1. The molecule has 0 aliphatic heterocycles. The first kappa shape index (κ1) is 13.1. The lowest BCUT2D eigenvalue weighted by Gasteiger charge is -2.12. The molecule has 2 rings (SSSR count). The number of halogens is 1. The monoisotopic (exact) mass is 357 g/mol. The van der Waals surface area contributed by atoms with Crippen molar-refractivity contribution < 1.29 is 9.90 Å². The summed E-state index contributed by atoms with van der Waals surface area (Å²) in [4.78, 5) is 23.0. The van der Waals surface area contributed by atoms with E-state index in [-0.39, 0.29) is 12.0 Å². The second-order valence-corrected chi connectivity index (χ2v) is 5.45. The van der Waals surface area contributed by atoms with Gasteiger partial charge < -0.3 is 9.67 Å². The maximum Gasteiger partial charge on any atom is 0.307 e. The molecule has 1 N–H and O–H groups in total. The molecule has 0 atom stereocenters. The van der Waals surface area contributed by atoms with Crippen molar-refractivity contribution in [1.82, 2.24) is 4.57 Å². The van der Waals surface area contributed by atoms with E-state index in [0.29, 0.717) is 11.1 Å². The first-order valence-electron chi connectivity index (χ1n) is 5.41. The minimum Gasteiger partial charge on any atom is -0.481 e. The Morgan fingerprint density at radius 1 is 1.44 bits per heavy atom. The number of carboxylic acids is 1. The molecule has 1 aromatic carbocycles. The van der Waals surface area contributed by atoms with Crippen molar-refractivity contribution in [3.63, 3.8) is 0 Å². The lowest BCUT2D eigenvalue weighted by molar-refractivity contribution is -0.136. The molecule has 5 heteroatoms. The lowest BCUT2D eigenvalue weighted by atomic mass is 10.0. The second-order valence-electron chi connectivity index (χ2n) is 4.20. The van der Waals surface area contributed by atoms with Crippen molar-refractivity contribution >= 4 is 39.5 Å². The predicted molar refractivity (Wildman–Crippen MR) is 78.0 cm³/mol. The quantitative estimate of drug-likeness (QED) is 0.838. The Hall–Kier alpha value is -1.37. The number of pyridine rings is 1. The van der Waals surface area contributed by atoms with E-state index in [0.717, 1.165) is 14.5 Å². The van der Waals surface area contributed by atoms with Crippen LogP contribution in [0.25, 0.3) is 10.9 Å². The number of hydrogen-bond acceptors (Lipinski definition) is 2. The van der Waals surface area contributed by atoms with Crippen LogP contribution in [0.4, 0.5) is 0 Å². The van der Waals surface area contributed by atoms with Crippen LogP contribution < -0.4 is 5.56 Å². The van der Waals surface area contributed by atoms with E-state index in [2.05, 4.69) is 22.6 Å². The molecule has 0 saturated heterocycles. The van der Waals surface area contributed by atoms with Gasteiger partial charge in [0.1, 0.15) is 0 Å². The number of carboxylic acid groups (broad SMARTS) is 1. The number of aliphatic carboxylic acids is 1. The van der Waals surface area contributed by atoms with Gasteiger partial charge in [0.25, 0.3) is 5.56 Å². The van der Waals surface area contributed by atoms with Crippen LogP contribution in [-0.2, 0) is 18.3 Å². The van der Waals surface area contributed by atoms with Gasteiger partial charge in [0, 0.05) is 21.6 Å². The van der Waals surface area contributed by atoms with Gasteiger partial charge in [-0.1, -0.05) is 0 Å². The zero-order valence-corrected chi connectivity index (χ0v) is 12.2. The Bertz CT molecular complexity index is 703. The molecule has 0 aliphatic carbocycles. The summed E-state index contributed by atoms with van der Waals surface area (Å²) in [6.45, 7) is 1.68. The molecular weight excluding hydrogens is 345 g/mol. The molecule has 4 nitrogen and oxygen atoms in total. The van der Waals surface area contributed by atoms with Crippen molar-refractivity contribution in [3.8, 4) is 0 Å². The number of nitrogens with zero attached hydrogens (tertiary/aromatic N) is 1. The van der Waals surface area contributed by atoms with Gasteiger partial charge in [0.05, 0.1) is 11.9 Å². The number of hydrogen-bond donors (Lipinski definition) is 1. The predicted octanol–water partition coefficient (Wildman–Crippen LogP) is 2.08. The van der Waals surface area contributed by atoms with Crippen LogP contribution in [0.15, 0.2) is 23.0 Å². The number of carbonyl (C=O) groups is 1. The summed E-state index contributed by atoms with van der Waals surface area (Å²) in [5.41, 5.74) is 1.75. The van der Waals surface area contributed by atoms with Gasteiger partial charge in [0.2, 0.25) is 0 Å². The molecule has 0 saturated carbocycles. The summed E-state index contributed by atoms with van der Waals surface area (Å²) in [6, 6.07) is 5.67. The van der Waals surface area contributed by atoms with Crippen molar-refractivity contribution in [2.45, 2.75) is 13.3 Å². The van der Waals surface area contributed by atoms with Crippen LogP contribution in [0.2, 0.25) is 0 Å². The number of aryl methyl sites for hydroxylation is 1. The van der Waals surface area contributed by atoms with Crippen molar-refractivity contribution in [1.29, 1.82) is 0 Å². The summed E-state index contributed by atoms with van der Waals surface area (Å²) in [6.07, 6.45) is -0.126. The normalized spacial score (nSPS) is 10.8. The van der Waals surface area contributed by atoms with E-state index < -0.39 is 5.97 Å². The van der Waals surface area contributed by atoms with Crippen molar-refractivity contribution in [2.24, 2.45) is 7.05 Å². The molecule has 0 amide bonds. The van der Waals surface area contributed by atoms with E-state index in [1.165, 1.54) is 0 Å². The molecular formula is C13H12INO3. The largest absolute Gasteiger partial charge is 0.481 e. The van der Waals surface area contributed by atoms with Crippen LogP contribution in [0, 0.1) is 10.5 Å². The minimum absolute atomic E-state index is 0.126. The van der Waals surface area contributed by atoms with E-state index in [9.17, 15) is 9.59 Å². The van der Waals surface area contributed by atoms with Crippen LogP contribution >= 0.6 is 22.6 Å². The molecule has 0 bridgehead atoms. The van der Waals surface area contributed by atoms with Crippen molar-refractivity contribution in [3.05, 3.63) is 43.2 Å². The van der Waals surface area contributed by atoms with Gasteiger partial charge in [-0.05, 0) is 53.3 Å². The van der Waals surface area contributed by atoms with Gasteiger partial charge in [-0.25, -0.2) is 0 Å². The third-order valence-corrected chi connectivity index (χ3v) is 3.72. The fraction of sp³-hybridized carbons (Fsp3) is 0.231. The van der Waals surface area contributed by atoms with Gasteiger partial charge in [-0.15, -0.1) is 0 Å². The van der Waals surface area contributed by atoms with Crippen LogP contribution in [-0.4, -0.2) is 15.6 Å². The summed E-state index contributed by atoms with van der Waals surface area (Å²) in [5, 5.41) is 9.81. The molecule has 0 radical (unpaired) electrons. The molecule has 0 aliphatic rings. The summed E-state index contributed by atoms with van der Waals surface area (Å²) in [5.74, 6) is -0.925. The molecule has 0 fully saturated rings. The number of fused-ring (bicyclic) bond motifs is 1. The Balaban J connectivity index is 2.93. The molecule has 2 aromatic rings. The van der Waals surface area contributed by atoms with E-state index in [4.69, 9.17) is 5.11 Å². The zero-order chi connectivity index (χ0) is 13.4. The van der Waals surface area contributed by atoms with Crippen LogP contribution in [0.3, 0.4) is 0 Å². The second kappa shape index (κ2) is 4.72. The zero-order valence-electron chi connectivity index (χ0n) is 10.0. The average molecular weight is 357 g/mol. The first-order valence-corrected chi connectivity index (χ1v) is 6.49. The SMILES string of the molecule is Cc1c(CC(=O)O)c2cc(I)ccc2n(C)c1=O. The molecule has 18 heavy (non-hydrogen) atoms. The van der Waals surface area contributed by atoms with E-state index >= 15 is 0 Å². The highest BCUT2D eigenvalue weighted by Crippen LogP contribution is 2.22. The molecule has 1 aromatic heterocycles. The third-order valence-electron chi connectivity index (χ3n) is 3.05. The fourth-order valence-corrected chi connectivity index (χ4v) is 2.60. The average Bonchev–Trinajstić information content (AvgIpc) is 2.31. The van der Waals surface area contributed by atoms with Gasteiger partial charge in [-0.3, -0.25) is 9.59 Å². The van der Waals surface area contributed by atoms with Gasteiger partial charge >= 0.3 is 5.97 Å². The Morgan fingerprint density at radius 2 is 2.11 bits per heavy atom. The smallest absolute Gasteiger partial charge is 0.307 e. The molecule has 0 unspecified atom stereocenters. The number of benzene rings is 1. The van der Waals surface area contributed by atoms with Gasteiger partial charge in [-0.2, -0.15) is 0 Å². The number of rotatable bonds is 2. The lowest BCUT2D eigenvalue weighted by Crippen LogP contribution is -2.22. The highest BCUT2D eigenvalue weighted by atomic mass is 127. The maximum atomic E-state index is 12.0. The Morgan fingerprint density at radius 3 is 2.72 bits per heavy atom. The summed E-state index contributed by atoms with van der Waals surface area (Å²) >= 11 is 2.18. The van der Waals surface area contributed by atoms with Crippen molar-refractivity contribution in [2.75, 3.05) is 0 Å². The topological polar surface area (TPSA) is 59.3 Å². The highest BCUT2D eigenvalue weighted by molar-refractivity contribution is 14.1. The van der Waals surface area contributed by atoms with Crippen LogP contribution in [0.1, 0.15) is 11.1 Å². The van der Waals surface area contributed by atoms with E-state index in [1.807, 2.05) is 18.2 Å². The van der Waals surface area contributed by atoms with Gasteiger partial charge in [0.15, 0.2) is 0 Å². The Labute approximate surface area is 117 Å². The van der Waals surface area contributed by atoms with Crippen LogP contribution in [0.5, 0.6) is 0 Å². The molecule has 0 spiro atoms. The standard InChI is InChI=1S/C13H12INO3/c1-7-9(6-12(16)17)10-5-8(14)3-4-11(10)15(2)13(7)18/h3-5H,6H2,1-2H3,(H,16,17). The molecule has 1 heterocycles. The highest BCUT2D eigenvalue weighted by Gasteiger charge is 2.14. The minimum atomic E-state index is -0.925. The maximum absolute atomic E-state index is 12.0. The first-order chi connectivity index (χ1) is 8.41. The summed E-state index contributed by atoms with van der Waals surface area (Å²) < 4.78 is 2.58.